The van der Waals surface area contributed by atoms with E-state index < -0.39 is 5.97 Å². The van der Waals surface area contributed by atoms with Crippen LogP contribution in [-0.2, 0) is 11.2 Å². The van der Waals surface area contributed by atoms with Crippen molar-refractivity contribution in [3.8, 4) is 0 Å². The van der Waals surface area contributed by atoms with Crippen molar-refractivity contribution in [2.24, 2.45) is 11.8 Å². The molecule has 1 unspecified atom stereocenters. The maximum Gasteiger partial charge on any atom is 0.303 e. The average molecular weight is 222 g/mol. The highest BCUT2D eigenvalue weighted by Gasteiger charge is 2.32. The summed E-state index contributed by atoms with van der Waals surface area (Å²) in [5.41, 5.74) is 0.639. The number of carboxylic acids is 1. The maximum absolute atomic E-state index is 13.4. The highest BCUT2D eigenvalue weighted by molar-refractivity contribution is 5.67. The van der Waals surface area contributed by atoms with Crippen LogP contribution in [-0.4, -0.2) is 11.1 Å². The van der Waals surface area contributed by atoms with Crippen LogP contribution in [0.15, 0.2) is 24.3 Å². The molecule has 1 aromatic rings. The quantitative estimate of drug-likeness (QED) is 0.831. The van der Waals surface area contributed by atoms with Crippen molar-refractivity contribution in [1.82, 2.24) is 0 Å². The first-order chi connectivity index (χ1) is 7.66. The van der Waals surface area contributed by atoms with Gasteiger partial charge in [0.1, 0.15) is 5.82 Å². The van der Waals surface area contributed by atoms with Crippen molar-refractivity contribution < 1.29 is 14.3 Å². The Kier molecular flexibility index (Phi) is 3.22. The smallest absolute Gasteiger partial charge is 0.303 e. The fourth-order valence-electron chi connectivity index (χ4n) is 2.14. The van der Waals surface area contributed by atoms with Gasteiger partial charge in [-0.15, -0.1) is 0 Å². The number of halogens is 1. The van der Waals surface area contributed by atoms with Crippen molar-refractivity contribution in [1.29, 1.82) is 0 Å². The third kappa shape index (κ3) is 2.81. The van der Waals surface area contributed by atoms with Gasteiger partial charge < -0.3 is 5.11 Å². The summed E-state index contributed by atoms with van der Waals surface area (Å²) in [7, 11) is 0. The van der Waals surface area contributed by atoms with Gasteiger partial charge in [-0.25, -0.2) is 4.39 Å². The Bertz CT molecular complexity index is 385. The third-order valence-corrected chi connectivity index (χ3v) is 3.17. The molecule has 0 aromatic heterocycles. The third-order valence-electron chi connectivity index (χ3n) is 3.17. The molecule has 3 heteroatoms. The molecule has 2 rings (SSSR count). The number of benzene rings is 1. The summed E-state index contributed by atoms with van der Waals surface area (Å²) in [6, 6.07) is 6.62. The lowest BCUT2D eigenvalue weighted by Crippen LogP contribution is -2.13. The first kappa shape index (κ1) is 11.1. The lowest BCUT2D eigenvalue weighted by molar-refractivity contribution is -0.138. The second kappa shape index (κ2) is 4.64. The molecule has 0 amide bonds. The van der Waals surface area contributed by atoms with Crippen LogP contribution in [0.5, 0.6) is 0 Å². The van der Waals surface area contributed by atoms with Gasteiger partial charge in [0.05, 0.1) is 0 Å². The van der Waals surface area contributed by atoms with Gasteiger partial charge in [-0.3, -0.25) is 4.79 Å². The van der Waals surface area contributed by atoms with E-state index in [2.05, 4.69) is 0 Å². The summed E-state index contributed by atoms with van der Waals surface area (Å²) in [6.45, 7) is 0. The number of hydrogen-bond acceptors (Lipinski definition) is 1. The molecule has 1 aromatic carbocycles. The van der Waals surface area contributed by atoms with E-state index in [0.29, 0.717) is 17.9 Å². The molecule has 1 aliphatic rings. The molecule has 0 spiro atoms. The van der Waals surface area contributed by atoms with Gasteiger partial charge in [0.15, 0.2) is 0 Å². The Morgan fingerprint density at radius 3 is 2.69 bits per heavy atom. The summed E-state index contributed by atoms with van der Waals surface area (Å²) in [5.74, 6) is -0.433. The van der Waals surface area contributed by atoms with Gasteiger partial charge >= 0.3 is 5.97 Å². The van der Waals surface area contributed by atoms with Gasteiger partial charge in [-0.2, -0.15) is 0 Å². The van der Waals surface area contributed by atoms with Crippen molar-refractivity contribution in [3.05, 3.63) is 35.6 Å². The maximum atomic E-state index is 13.4. The highest BCUT2D eigenvalue weighted by Crippen LogP contribution is 2.40. The fourth-order valence-corrected chi connectivity index (χ4v) is 2.14. The average Bonchev–Trinajstić information content (AvgIpc) is 3.03. The van der Waals surface area contributed by atoms with E-state index in [1.165, 1.54) is 6.07 Å². The standard InChI is InChI=1S/C13H15FO2/c14-12-4-2-1-3-10(12)7-11(8-13(15)16)9-5-6-9/h1-4,9,11H,5-8H2,(H,15,16). The predicted octanol–water partition coefficient (Wildman–Crippen LogP) is 2.87. The first-order valence-electron chi connectivity index (χ1n) is 5.62. The summed E-state index contributed by atoms with van der Waals surface area (Å²) in [5, 5.41) is 8.81. The molecule has 0 aliphatic heterocycles. The molecule has 0 saturated heterocycles. The molecule has 1 atom stereocenters. The Balaban J connectivity index is 2.05. The zero-order valence-corrected chi connectivity index (χ0v) is 9.03. The minimum atomic E-state index is -0.784. The number of carbonyl (C=O) groups is 1. The van der Waals surface area contributed by atoms with Crippen LogP contribution in [0.1, 0.15) is 24.8 Å². The predicted molar refractivity (Wildman–Crippen MR) is 58.6 cm³/mol. The fraction of sp³-hybridized carbons (Fsp3) is 0.462. The van der Waals surface area contributed by atoms with Crippen LogP contribution in [0.4, 0.5) is 4.39 Å². The van der Waals surface area contributed by atoms with Crippen LogP contribution in [0, 0.1) is 17.7 Å². The minimum absolute atomic E-state index is 0.0920. The molecule has 1 fully saturated rings. The van der Waals surface area contributed by atoms with Crippen molar-refractivity contribution in [2.75, 3.05) is 0 Å². The lowest BCUT2D eigenvalue weighted by Gasteiger charge is -2.14. The van der Waals surface area contributed by atoms with Crippen molar-refractivity contribution >= 4 is 5.97 Å². The number of rotatable bonds is 5. The normalized spacial score (nSPS) is 17.1. The van der Waals surface area contributed by atoms with Gasteiger partial charge in [-0.1, -0.05) is 18.2 Å². The summed E-state index contributed by atoms with van der Waals surface area (Å²) in [6.07, 6.45) is 2.88. The lowest BCUT2D eigenvalue weighted by atomic mass is 9.91. The van der Waals surface area contributed by atoms with Crippen LogP contribution >= 0.6 is 0 Å². The Labute approximate surface area is 94.1 Å². The van der Waals surface area contributed by atoms with Crippen LogP contribution in [0.2, 0.25) is 0 Å². The molecule has 1 N–H and O–H groups in total. The number of carboxylic acid groups (broad SMARTS) is 1. The van der Waals surface area contributed by atoms with E-state index in [1.807, 2.05) is 0 Å². The Morgan fingerprint density at radius 2 is 2.12 bits per heavy atom. The summed E-state index contributed by atoms with van der Waals surface area (Å²) >= 11 is 0. The monoisotopic (exact) mass is 222 g/mol. The van der Waals surface area contributed by atoms with Crippen LogP contribution in [0.3, 0.4) is 0 Å². The minimum Gasteiger partial charge on any atom is -0.481 e. The molecule has 1 saturated carbocycles. The van der Waals surface area contributed by atoms with Gasteiger partial charge in [0.2, 0.25) is 0 Å². The van der Waals surface area contributed by atoms with E-state index in [-0.39, 0.29) is 18.2 Å². The van der Waals surface area contributed by atoms with E-state index in [1.54, 1.807) is 18.2 Å². The second-order valence-corrected chi connectivity index (χ2v) is 4.49. The topological polar surface area (TPSA) is 37.3 Å². The number of aliphatic carboxylic acids is 1. The van der Waals surface area contributed by atoms with Crippen molar-refractivity contribution in [2.45, 2.75) is 25.7 Å². The first-order valence-corrected chi connectivity index (χ1v) is 5.62. The van der Waals surface area contributed by atoms with E-state index >= 15 is 0 Å². The zero-order valence-electron chi connectivity index (χ0n) is 9.03. The molecule has 86 valence electrons. The summed E-state index contributed by atoms with van der Waals surface area (Å²) in [4.78, 5) is 10.7. The zero-order chi connectivity index (χ0) is 11.5. The molecular formula is C13H15FO2. The van der Waals surface area contributed by atoms with Crippen LogP contribution < -0.4 is 0 Å². The molecular weight excluding hydrogens is 207 g/mol. The SMILES string of the molecule is O=C(O)CC(Cc1ccccc1F)C1CC1. The van der Waals surface area contributed by atoms with E-state index in [9.17, 15) is 9.18 Å². The molecule has 2 nitrogen and oxygen atoms in total. The van der Waals surface area contributed by atoms with Gasteiger partial charge in [0, 0.05) is 6.42 Å². The Hall–Kier alpha value is -1.38. The van der Waals surface area contributed by atoms with Gasteiger partial charge in [0.25, 0.3) is 0 Å². The molecule has 16 heavy (non-hydrogen) atoms. The van der Waals surface area contributed by atoms with E-state index in [4.69, 9.17) is 5.11 Å². The molecule has 0 radical (unpaired) electrons. The summed E-state index contributed by atoms with van der Waals surface area (Å²) < 4.78 is 13.4. The second-order valence-electron chi connectivity index (χ2n) is 4.49. The molecule has 1 aliphatic carbocycles. The van der Waals surface area contributed by atoms with Crippen molar-refractivity contribution in [3.63, 3.8) is 0 Å². The highest BCUT2D eigenvalue weighted by atomic mass is 19.1. The Morgan fingerprint density at radius 1 is 1.44 bits per heavy atom. The largest absolute Gasteiger partial charge is 0.481 e. The molecule has 0 heterocycles. The number of hydrogen-bond donors (Lipinski definition) is 1. The van der Waals surface area contributed by atoms with Gasteiger partial charge in [-0.05, 0) is 42.7 Å². The molecule has 0 bridgehead atoms. The van der Waals surface area contributed by atoms with Crippen LogP contribution in [0.25, 0.3) is 0 Å². The van der Waals surface area contributed by atoms with E-state index in [0.717, 1.165) is 12.8 Å².